The number of hydrogen-bond acceptors (Lipinski definition) is 5. The van der Waals surface area contributed by atoms with Gasteiger partial charge >= 0.3 is 0 Å². The van der Waals surface area contributed by atoms with E-state index in [2.05, 4.69) is 29.0 Å². The number of benzene rings is 1. The zero-order valence-electron chi connectivity index (χ0n) is 16.7. The van der Waals surface area contributed by atoms with E-state index in [1.54, 1.807) is 0 Å². The van der Waals surface area contributed by atoms with Crippen LogP contribution in [0.5, 0.6) is 0 Å². The summed E-state index contributed by atoms with van der Waals surface area (Å²) in [6, 6.07) is 3.84. The molecule has 0 unspecified atom stereocenters. The third-order valence-corrected chi connectivity index (χ3v) is 5.09. The van der Waals surface area contributed by atoms with E-state index in [0.29, 0.717) is 12.1 Å². The highest BCUT2D eigenvalue weighted by Gasteiger charge is 2.33. The van der Waals surface area contributed by atoms with Crippen molar-refractivity contribution in [1.29, 1.82) is 0 Å². The monoisotopic (exact) mass is 390 g/mol. The molecule has 1 N–H and O–H groups in total. The zero-order valence-corrected chi connectivity index (χ0v) is 16.7. The maximum Gasteiger partial charge on any atom is 0.261 e. The van der Waals surface area contributed by atoms with Crippen molar-refractivity contribution < 1.29 is 13.9 Å². The number of carbonyl (C=O) groups excluding carboxylic acids is 1. The highest BCUT2D eigenvalue weighted by atomic mass is 19.1. The van der Waals surface area contributed by atoms with Crippen LogP contribution in [0.1, 0.15) is 27.7 Å². The number of halogens is 1. The number of amides is 1. The summed E-state index contributed by atoms with van der Waals surface area (Å²) in [5, 5.41) is 3.06. The Morgan fingerprint density at radius 2 is 2.00 bits per heavy atom. The summed E-state index contributed by atoms with van der Waals surface area (Å²) in [5.74, 6) is -0.800. The zero-order chi connectivity index (χ0) is 20.5. The normalized spacial score (nSPS) is 21.0. The predicted octanol–water partition coefficient (Wildman–Crippen LogP) is 1.54. The molecule has 1 aromatic heterocycles. The van der Waals surface area contributed by atoms with E-state index < -0.39 is 11.4 Å². The van der Waals surface area contributed by atoms with Gasteiger partial charge < -0.3 is 10.1 Å². The first-order valence-electron chi connectivity index (χ1n) is 9.47. The molecule has 2 aromatic rings. The first-order valence-corrected chi connectivity index (χ1v) is 9.47. The molecule has 1 aliphatic rings. The van der Waals surface area contributed by atoms with Crippen LogP contribution in [0.4, 0.5) is 4.39 Å². The van der Waals surface area contributed by atoms with Gasteiger partial charge in [0.2, 0.25) is 5.91 Å². The van der Waals surface area contributed by atoms with E-state index in [9.17, 15) is 14.0 Å². The van der Waals surface area contributed by atoms with Gasteiger partial charge in [-0.1, -0.05) is 0 Å². The minimum absolute atomic E-state index is 0.140. The lowest BCUT2D eigenvalue weighted by molar-refractivity contribution is -0.123. The summed E-state index contributed by atoms with van der Waals surface area (Å²) < 4.78 is 20.4. The Labute approximate surface area is 163 Å². The lowest BCUT2D eigenvalue weighted by atomic mass is 10.00. The number of morpholine rings is 1. The topological polar surface area (TPSA) is 76.5 Å². The predicted molar refractivity (Wildman–Crippen MR) is 105 cm³/mol. The fourth-order valence-corrected chi connectivity index (χ4v) is 3.55. The third-order valence-electron chi connectivity index (χ3n) is 5.09. The number of carbonyl (C=O) groups is 1. The van der Waals surface area contributed by atoms with Crippen LogP contribution in [0.3, 0.4) is 0 Å². The smallest absolute Gasteiger partial charge is 0.261 e. The maximum absolute atomic E-state index is 13.4. The van der Waals surface area contributed by atoms with Crippen molar-refractivity contribution >= 4 is 16.8 Å². The van der Waals surface area contributed by atoms with Crippen molar-refractivity contribution in [2.75, 3.05) is 19.6 Å². The molecule has 8 heteroatoms. The molecule has 1 aromatic carbocycles. The van der Waals surface area contributed by atoms with Crippen LogP contribution in [0, 0.1) is 5.82 Å². The number of fused-ring (bicyclic) bond motifs is 1. The van der Waals surface area contributed by atoms with Crippen molar-refractivity contribution in [2.45, 2.75) is 52.0 Å². The first kappa shape index (κ1) is 20.4. The fraction of sp³-hybridized carbons (Fsp3) is 0.550. The Bertz CT molecular complexity index is 917. The van der Waals surface area contributed by atoms with Crippen LogP contribution in [-0.4, -0.2) is 57.7 Å². The number of aromatic nitrogens is 2. The van der Waals surface area contributed by atoms with Crippen LogP contribution >= 0.6 is 0 Å². The van der Waals surface area contributed by atoms with E-state index in [1.165, 1.54) is 23.0 Å². The lowest BCUT2D eigenvalue weighted by Gasteiger charge is -2.45. The molecule has 28 heavy (non-hydrogen) atoms. The molecule has 3 rings (SSSR count). The third kappa shape index (κ3) is 4.56. The minimum atomic E-state index is -0.510. The van der Waals surface area contributed by atoms with E-state index in [0.717, 1.165) is 19.2 Å². The van der Waals surface area contributed by atoms with Gasteiger partial charge in [-0.15, -0.1) is 0 Å². The molecule has 0 saturated carbocycles. The highest BCUT2D eigenvalue weighted by Crippen LogP contribution is 2.20. The summed E-state index contributed by atoms with van der Waals surface area (Å²) in [6.45, 7) is 10.1. The summed E-state index contributed by atoms with van der Waals surface area (Å²) >= 11 is 0. The molecule has 0 bridgehead atoms. The molecule has 0 spiro atoms. The molecular formula is C20H27FN4O3. The average molecular weight is 390 g/mol. The van der Waals surface area contributed by atoms with E-state index in [4.69, 9.17) is 4.74 Å². The molecule has 1 aliphatic heterocycles. The van der Waals surface area contributed by atoms with Gasteiger partial charge in [0.1, 0.15) is 12.4 Å². The molecule has 1 fully saturated rings. The van der Waals surface area contributed by atoms with Gasteiger partial charge in [-0.05, 0) is 45.9 Å². The largest absolute Gasteiger partial charge is 0.373 e. The number of hydrogen-bond donors (Lipinski definition) is 1. The summed E-state index contributed by atoms with van der Waals surface area (Å²) in [7, 11) is 0. The Hall–Kier alpha value is -2.32. The second kappa shape index (κ2) is 7.97. The number of nitrogens with one attached hydrogen (secondary N) is 1. The molecule has 2 atom stereocenters. The number of ether oxygens (including phenoxy) is 1. The fourth-order valence-electron chi connectivity index (χ4n) is 3.55. The van der Waals surface area contributed by atoms with Crippen LogP contribution in [0.15, 0.2) is 29.3 Å². The van der Waals surface area contributed by atoms with Gasteiger partial charge in [0.15, 0.2) is 0 Å². The molecule has 0 aliphatic carbocycles. The second-order valence-corrected chi connectivity index (χ2v) is 8.09. The van der Waals surface area contributed by atoms with E-state index in [-0.39, 0.29) is 35.6 Å². The van der Waals surface area contributed by atoms with Crippen LogP contribution in [0.2, 0.25) is 0 Å². The molecule has 7 nitrogen and oxygen atoms in total. The van der Waals surface area contributed by atoms with E-state index in [1.807, 2.05) is 13.8 Å². The Morgan fingerprint density at radius 3 is 2.68 bits per heavy atom. The number of rotatable bonds is 5. The van der Waals surface area contributed by atoms with Crippen molar-refractivity contribution in [3.8, 4) is 0 Å². The SMILES string of the molecule is C[C@H]1CN(C(C)(C)CNC(=O)Cn2cnc3ccc(F)cc3c2=O)C[C@H](C)O1. The maximum atomic E-state index is 13.4. The first-order chi connectivity index (χ1) is 13.2. The van der Waals surface area contributed by atoms with E-state index >= 15 is 0 Å². The Kier molecular flexibility index (Phi) is 5.81. The van der Waals surface area contributed by atoms with Gasteiger partial charge in [0.05, 0.1) is 29.4 Å². The van der Waals surface area contributed by atoms with Crippen molar-refractivity contribution in [3.63, 3.8) is 0 Å². The van der Waals surface area contributed by atoms with Gasteiger partial charge in [-0.3, -0.25) is 19.1 Å². The molecule has 1 saturated heterocycles. The van der Waals surface area contributed by atoms with Gasteiger partial charge in [0, 0.05) is 25.2 Å². The van der Waals surface area contributed by atoms with Crippen molar-refractivity contribution in [3.05, 3.63) is 40.7 Å². The van der Waals surface area contributed by atoms with Gasteiger partial charge in [-0.2, -0.15) is 0 Å². The molecule has 2 heterocycles. The summed E-state index contributed by atoms with van der Waals surface area (Å²) in [4.78, 5) is 31.3. The Morgan fingerprint density at radius 1 is 1.32 bits per heavy atom. The van der Waals surface area contributed by atoms with Crippen molar-refractivity contribution in [1.82, 2.24) is 19.8 Å². The summed E-state index contributed by atoms with van der Waals surface area (Å²) in [6.07, 6.45) is 1.60. The van der Waals surface area contributed by atoms with Gasteiger partial charge in [0.25, 0.3) is 5.56 Å². The average Bonchev–Trinajstić information content (AvgIpc) is 2.62. The van der Waals surface area contributed by atoms with Crippen LogP contribution in [0.25, 0.3) is 10.9 Å². The highest BCUT2D eigenvalue weighted by molar-refractivity contribution is 5.79. The minimum Gasteiger partial charge on any atom is -0.373 e. The quantitative estimate of drug-likeness (QED) is 0.838. The Balaban J connectivity index is 1.65. The van der Waals surface area contributed by atoms with Gasteiger partial charge in [-0.25, -0.2) is 9.37 Å². The van der Waals surface area contributed by atoms with Crippen LogP contribution in [-0.2, 0) is 16.1 Å². The number of nitrogens with zero attached hydrogens (tertiary/aromatic N) is 3. The summed E-state index contributed by atoms with van der Waals surface area (Å²) in [5.41, 5.74) is -0.285. The molecule has 1 amide bonds. The second-order valence-electron chi connectivity index (χ2n) is 8.09. The van der Waals surface area contributed by atoms with Crippen molar-refractivity contribution in [2.24, 2.45) is 0 Å². The molecular weight excluding hydrogens is 363 g/mol. The molecule has 152 valence electrons. The van der Waals surface area contributed by atoms with Crippen LogP contribution < -0.4 is 10.9 Å². The standard InChI is InChI=1S/C20H27FN4O3/c1-13-8-25(9-14(2)28-13)20(3,4)11-22-18(26)10-24-12-23-17-6-5-15(21)7-16(17)19(24)27/h5-7,12-14H,8-11H2,1-4H3,(H,22,26)/t13-,14-/m0/s1. The molecule has 0 radical (unpaired) electrons. The lowest BCUT2D eigenvalue weighted by Crippen LogP contribution is -2.58.